The Morgan fingerprint density at radius 1 is 1.30 bits per heavy atom. The molecular weight excluding hydrogens is 254 g/mol. The number of hydrogen-bond donors (Lipinski definition) is 1. The maximum atomic E-state index is 5.79. The fraction of sp³-hybridized carbons (Fsp3) is 0.750. The van der Waals surface area contributed by atoms with Crippen molar-refractivity contribution in [2.24, 2.45) is 0 Å². The zero-order valence-electron chi connectivity index (χ0n) is 12.3. The molecule has 3 rings (SSSR count). The van der Waals surface area contributed by atoms with Gasteiger partial charge in [0, 0.05) is 18.2 Å². The molecule has 1 aliphatic heterocycles. The third-order valence-corrected chi connectivity index (χ3v) is 4.05. The standard InChI is InChI=1S/C16H25NO3/c1-12-13(8-16(20-12)9-17-14-5-6-14)10-18-11-15-4-2-3-7-19-15/h8,14-15,17H,2-7,9-11H2,1H3. The number of nitrogens with one attached hydrogen (secondary N) is 1. The molecule has 0 radical (unpaired) electrons. The van der Waals surface area contributed by atoms with E-state index < -0.39 is 0 Å². The van der Waals surface area contributed by atoms with E-state index in [4.69, 9.17) is 13.9 Å². The van der Waals surface area contributed by atoms with Gasteiger partial charge < -0.3 is 19.2 Å². The maximum Gasteiger partial charge on any atom is 0.118 e. The molecule has 20 heavy (non-hydrogen) atoms. The van der Waals surface area contributed by atoms with Gasteiger partial charge in [-0.25, -0.2) is 0 Å². The Hall–Kier alpha value is -0.840. The second-order valence-corrected chi connectivity index (χ2v) is 5.95. The van der Waals surface area contributed by atoms with Crippen LogP contribution < -0.4 is 5.32 Å². The summed E-state index contributed by atoms with van der Waals surface area (Å²) in [4.78, 5) is 0. The van der Waals surface area contributed by atoms with Gasteiger partial charge in [-0.15, -0.1) is 0 Å². The Balaban J connectivity index is 1.41. The van der Waals surface area contributed by atoms with Crippen molar-refractivity contribution in [1.29, 1.82) is 0 Å². The predicted octanol–water partition coefficient (Wildman–Crippen LogP) is 2.93. The monoisotopic (exact) mass is 279 g/mol. The van der Waals surface area contributed by atoms with Crippen LogP contribution in [0.1, 0.15) is 49.2 Å². The van der Waals surface area contributed by atoms with E-state index in [1.54, 1.807) is 0 Å². The van der Waals surface area contributed by atoms with Gasteiger partial charge in [-0.3, -0.25) is 0 Å². The molecule has 2 heterocycles. The summed E-state index contributed by atoms with van der Waals surface area (Å²) in [5.41, 5.74) is 1.16. The zero-order chi connectivity index (χ0) is 13.8. The quantitative estimate of drug-likeness (QED) is 0.833. The van der Waals surface area contributed by atoms with Gasteiger partial charge in [-0.05, 0) is 45.1 Å². The van der Waals surface area contributed by atoms with E-state index in [1.807, 2.05) is 6.92 Å². The molecule has 2 fully saturated rings. The Kier molecular flexibility index (Phi) is 4.76. The van der Waals surface area contributed by atoms with Crippen LogP contribution in [0.3, 0.4) is 0 Å². The van der Waals surface area contributed by atoms with Gasteiger partial charge in [0.1, 0.15) is 11.5 Å². The largest absolute Gasteiger partial charge is 0.465 e. The summed E-state index contributed by atoms with van der Waals surface area (Å²) in [6, 6.07) is 2.83. The van der Waals surface area contributed by atoms with Gasteiger partial charge in [0.15, 0.2) is 0 Å². The minimum absolute atomic E-state index is 0.284. The van der Waals surface area contributed by atoms with Crippen molar-refractivity contribution in [2.45, 2.75) is 64.3 Å². The summed E-state index contributed by atoms with van der Waals surface area (Å²) in [6.45, 7) is 5.04. The highest BCUT2D eigenvalue weighted by Gasteiger charge is 2.21. The predicted molar refractivity (Wildman–Crippen MR) is 76.6 cm³/mol. The highest BCUT2D eigenvalue weighted by Crippen LogP contribution is 2.21. The Morgan fingerprint density at radius 2 is 2.20 bits per heavy atom. The molecule has 1 atom stereocenters. The van der Waals surface area contributed by atoms with E-state index in [1.165, 1.54) is 25.7 Å². The zero-order valence-corrected chi connectivity index (χ0v) is 12.3. The van der Waals surface area contributed by atoms with Crippen molar-refractivity contribution in [3.8, 4) is 0 Å². The highest BCUT2D eigenvalue weighted by atomic mass is 16.5. The first-order valence-electron chi connectivity index (χ1n) is 7.82. The lowest BCUT2D eigenvalue weighted by molar-refractivity contribution is -0.0449. The van der Waals surface area contributed by atoms with E-state index in [-0.39, 0.29) is 6.10 Å². The van der Waals surface area contributed by atoms with Gasteiger partial charge in [0.25, 0.3) is 0 Å². The van der Waals surface area contributed by atoms with Crippen molar-refractivity contribution >= 4 is 0 Å². The van der Waals surface area contributed by atoms with Gasteiger partial charge in [-0.2, -0.15) is 0 Å². The van der Waals surface area contributed by atoms with E-state index >= 15 is 0 Å². The minimum atomic E-state index is 0.284. The lowest BCUT2D eigenvalue weighted by Gasteiger charge is -2.22. The molecule has 1 aromatic heterocycles. The first-order chi connectivity index (χ1) is 9.81. The van der Waals surface area contributed by atoms with Gasteiger partial charge >= 0.3 is 0 Å². The summed E-state index contributed by atoms with van der Waals surface area (Å²) in [7, 11) is 0. The van der Waals surface area contributed by atoms with Gasteiger partial charge in [-0.1, -0.05) is 0 Å². The second kappa shape index (κ2) is 6.74. The molecule has 112 valence electrons. The topological polar surface area (TPSA) is 43.6 Å². The van der Waals surface area contributed by atoms with Crippen LogP contribution in [-0.2, 0) is 22.6 Å². The molecule has 4 heteroatoms. The molecule has 0 bridgehead atoms. The van der Waals surface area contributed by atoms with Crippen molar-refractivity contribution in [1.82, 2.24) is 5.32 Å². The molecule has 0 aromatic carbocycles. The molecule has 1 unspecified atom stereocenters. The van der Waals surface area contributed by atoms with E-state index in [9.17, 15) is 0 Å². The first kappa shape index (κ1) is 14.1. The summed E-state index contributed by atoms with van der Waals surface area (Å²) in [6.07, 6.45) is 6.46. The summed E-state index contributed by atoms with van der Waals surface area (Å²) in [5, 5.41) is 3.47. The van der Waals surface area contributed by atoms with Crippen molar-refractivity contribution in [3.63, 3.8) is 0 Å². The number of hydrogen-bond acceptors (Lipinski definition) is 4. The van der Waals surface area contributed by atoms with Crippen LogP contribution in [0.2, 0.25) is 0 Å². The van der Waals surface area contributed by atoms with Crippen molar-refractivity contribution in [3.05, 3.63) is 23.2 Å². The van der Waals surface area contributed by atoms with E-state index in [0.717, 1.165) is 36.7 Å². The summed E-state index contributed by atoms with van der Waals surface area (Å²) < 4.78 is 17.2. The fourth-order valence-corrected chi connectivity index (χ4v) is 2.59. The lowest BCUT2D eigenvalue weighted by atomic mass is 10.1. The number of ether oxygens (including phenoxy) is 2. The molecular formula is C16H25NO3. The average molecular weight is 279 g/mol. The molecule has 1 saturated carbocycles. The molecule has 1 saturated heterocycles. The minimum Gasteiger partial charge on any atom is -0.465 e. The number of furan rings is 1. The number of rotatable bonds is 7. The van der Waals surface area contributed by atoms with Crippen LogP contribution in [0.25, 0.3) is 0 Å². The van der Waals surface area contributed by atoms with Crippen LogP contribution in [0.5, 0.6) is 0 Å². The van der Waals surface area contributed by atoms with Crippen molar-refractivity contribution in [2.75, 3.05) is 13.2 Å². The number of aryl methyl sites for hydroxylation is 1. The molecule has 2 aliphatic rings. The molecule has 1 aromatic rings. The first-order valence-corrected chi connectivity index (χ1v) is 7.82. The van der Waals surface area contributed by atoms with Crippen LogP contribution >= 0.6 is 0 Å². The molecule has 4 nitrogen and oxygen atoms in total. The summed E-state index contributed by atoms with van der Waals surface area (Å²) >= 11 is 0. The van der Waals surface area contributed by atoms with Crippen LogP contribution in [0.4, 0.5) is 0 Å². The maximum absolute atomic E-state index is 5.79. The second-order valence-electron chi connectivity index (χ2n) is 5.95. The summed E-state index contributed by atoms with van der Waals surface area (Å²) in [5.74, 6) is 1.99. The average Bonchev–Trinajstić information content (AvgIpc) is 3.23. The van der Waals surface area contributed by atoms with Crippen LogP contribution in [-0.4, -0.2) is 25.4 Å². The molecule has 0 amide bonds. The molecule has 1 aliphatic carbocycles. The Labute approximate surface area is 120 Å². The third-order valence-electron chi connectivity index (χ3n) is 4.05. The Morgan fingerprint density at radius 3 is 2.95 bits per heavy atom. The molecule has 1 N–H and O–H groups in total. The highest BCUT2D eigenvalue weighted by molar-refractivity contribution is 5.20. The van der Waals surface area contributed by atoms with Gasteiger partial charge in [0.05, 0.1) is 25.9 Å². The van der Waals surface area contributed by atoms with Crippen molar-refractivity contribution < 1.29 is 13.9 Å². The lowest BCUT2D eigenvalue weighted by Crippen LogP contribution is -2.24. The molecule has 0 spiro atoms. The van der Waals surface area contributed by atoms with E-state index in [2.05, 4.69) is 11.4 Å². The van der Waals surface area contributed by atoms with Gasteiger partial charge in [0.2, 0.25) is 0 Å². The van der Waals surface area contributed by atoms with Crippen LogP contribution in [0.15, 0.2) is 10.5 Å². The third kappa shape index (κ3) is 4.08. The fourth-order valence-electron chi connectivity index (χ4n) is 2.59. The normalized spacial score (nSPS) is 23.1. The van der Waals surface area contributed by atoms with Crippen LogP contribution in [0, 0.1) is 6.92 Å². The van der Waals surface area contributed by atoms with E-state index in [0.29, 0.717) is 19.3 Å². The Bertz CT molecular complexity index is 419. The SMILES string of the molecule is Cc1oc(CNC2CC2)cc1COCC1CCCCO1. The smallest absolute Gasteiger partial charge is 0.118 e.